The van der Waals surface area contributed by atoms with E-state index in [0.717, 1.165) is 10.7 Å². The Labute approximate surface area is 90.4 Å². The first-order valence-electron chi connectivity index (χ1n) is 3.99. The van der Waals surface area contributed by atoms with Gasteiger partial charge in [-0.2, -0.15) is 0 Å². The van der Waals surface area contributed by atoms with E-state index in [4.69, 9.17) is 11.6 Å². The Hall–Kier alpha value is -1.63. The van der Waals surface area contributed by atoms with Crippen molar-refractivity contribution in [2.24, 2.45) is 0 Å². The summed E-state index contributed by atoms with van der Waals surface area (Å²) in [6.07, 6.45) is 0. The predicted octanol–water partition coefficient (Wildman–Crippen LogP) is 0.533. The first-order valence-corrected chi connectivity index (χ1v) is 4.37. The summed E-state index contributed by atoms with van der Waals surface area (Å²) in [6, 6.07) is 1.10. The zero-order valence-corrected chi connectivity index (χ0v) is 8.93. The van der Waals surface area contributed by atoms with Crippen molar-refractivity contribution >= 4 is 23.3 Å². The molecule has 1 rings (SSSR count). The molecule has 0 N–H and O–H groups in total. The van der Waals surface area contributed by atoms with E-state index in [0.29, 0.717) is 0 Å². The van der Waals surface area contributed by atoms with Crippen LogP contribution in [0.3, 0.4) is 0 Å². The van der Waals surface area contributed by atoms with Crippen molar-refractivity contribution in [3.8, 4) is 0 Å². The first-order chi connectivity index (χ1) is 6.91. The third-order valence-corrected chi connectivity index (χ3v) is 1.88. The van der Waals surface area contributed by atoms with E-state index in [1.807, 2.05) is 0 Å². The number of hydrogen-bond donors (Lipinski definition) is 0. The average Bonchev–Trinajstić information content (AvgIpc) is 2.46. The van der Waals surface area contributed by atoms with E-state index in [2.05, 4.69) is 5.10 Å². The van der Waals surface area contributed by atoms with Crippen LogP contribution in [-0.2, 0) is 11.3 Å². The van der Waals surface area contributed by atoms with E-state index in [-0.39, 0.29) is 23.4 Å². The molecule has 1 aromatic heterocycles. The molecule has 1 heterocycles. The Morgan fingerprint density at radius 1 is 1.73 bits per heavy atom. The molecule has 0 atom stereocenters. The van der Waals surface area contributed by atoms with Crippen molar-refractivity contribution in [2.45, 2.75) is 6.54 Å². The largest absolute Gasteiger partial charge is 0.358 e. The normalized spacial score (nSPS) is 10.1. The maximum Gasteiger partial charge on any atom is 0.346 e. The summed E-state index contributed by atoms with van der Waals surface area (Å²) in [7, 11) is 3.11. The molecule has 82 valence electrons. The Kier molecular flexibility index (Phi) is 3.25. The highest BCUT2D eigenvalue weighted by Gasteiger charge is 2.20. The summed E-state index contributed by atoms with van der Waals surface area (Å²) in [5, 5.41) is 14.2. The molecule has 7 nitrogen and oxygen atoms in total. The number of aromatic nitrogens is 2. The summed E-state index contributed by atoms with van der Waals surface area (Å²) in [4.78, 5) is 22.5. The summed E-state index contributed by atoms with van der Waals surface area (Å²) in [5.74, 6) is -0.590. The Morgan fingerprint density at radius 3 is 2.80 bits per heavy atom. The molecule has 0 unspecified atom stereocenters. The van der Waals surface area contributed by atoms with E-state index < -0.39 is 4.92 Å². The van der Waals surface area contributed by atoms with Crippen LogP contribution < -0.4 is 0 Å². The van der Waals surface area contributed by atoms with E-state index in [1.165, 1.54) is 4.90 Å². The fourth-order valence-corrected chi connectivity index (χ4v) is 1.10. The van der Waals surface area contributed by atoms with Gasteiger partial charge in [-0.05, 0) is 4.92 Å². The first kappa shape index (κ1) is 11.4. The van der Waals surface area contributed by atoms with Crippen LogP contribution in [0.1, 0.15) is 0 Å². The van der Waals surface area contributed by atoms with Crippen molar-refractivity contribution in [2.75, 3.05) is 14.1 Å². The highest BCUT2D eigenvalue weighted by molar-refractivity contribution is 6.29. The van der Waals surface area contributed by atoms with Gasteiger partial charge in [-0.25, -0.2) is 0 Å². The minimum Gasteiger partial charge on any atom is -0.358 e. The molecule has 0 aliphatic rings. The van der Waals surface area contributed by atoms with Crippen LogP contribution in [-0.4, -0.2) is 39.6 Å². The van der Waals surface area contributed by atoms with Crippen LogP contribution >= 0.6 is 11.6 Å². The Morgan fingerprint density at radius 2 is 2.33 bits per heavy atom. The molecule has 0 spiro atoms. The molecular formula is C7H9ClN4O3. The van der Waals surface area contributed by atoms with Gasteiger partial charge >= 0.3 is 5.82 Å². The average molecular weight is 233 g/mol. The highest BCUT2D eigenvalue weighted by atomic mass is 35.5. The molecule has 1 aromatic rings. The van der Waals surface area contributed by atoms with Gasteiger partial charge in [-0.3, -0.25) is 4.79 Å². The van der Waals surface area contributed by atoms with Crippen molar-refractivity contribution in [3.05, 3.63) is 21.3 Å². The Balaban J connectivity index is 2.94. The number of rotatable bonds is 3. The number of carbonyl (C=O) groups is 1. The minimum atomic E-state index is -0.637. The maximum atomic E-state index is 11.3. The zero-order valence-electron chi connectivity index (χ0n) is 8.18. The topological polar surface area (TPSA) is 81.3 Å². The SMILES string of the molecule is CN(C)C(=O)Cn1nc(Cl)cc1[N+](=O)[O-]. The fraction of sp³-hybridized carbons (Fsp3) is 0.429. The van der Waals surface area contributed by atoms with Crippen LogP contribution in [0, 0.1) is 10.1 Å². The lowest BCUT2D eigenvalue weighted by atomic mass is 10.5. The standard InChI is InChI=1S/C7H9ClN4O3/c1-10(2)7(13)4-11-6(12(14)15)3-5(8)9-11/h3H,4H2,1-2H3. The van der Waals surface area contributed by atoms with Crippen LogP contribution in [0.5, 0.6) is 0 Å². The molecule has 0 bridgehead atoms. The molecular weight excluding hydrogens is 224 g/mol. The number of halogens is 1. The van der Waals surface area contributed by atoms with E-state index in [1.54, 1.807) is 14.1 Å². The summed E-state index contributed by atoms with van der Waals surface area (Å²) in [6.45, 7) is -0.198. The van der Waals surface area contributed by atoms with Gasteiger partial charge in [0.05, 0.1) is 6.07 Å². The number of nitrogens with zero attached hydrogens (tertiary/aromatic N) is 4. The van der Waals surface area contributed by atoms with Gasteiger partial charge in [0.1, 0.15) is 0 Å². The third kappa shape index (κ3) is 2.66. The van der Waals surface area contributed by atoms with Crippen LogP contribution in [0.2, 0.25) is 5.15 Å². The molecule has 15 heavy (non-hydrogen) atoms. The van der Waals surface area contributed by atoms with Gasteiger partial charge in [-0.15, -0.1) is 4.68 Å². The molecule has 0 saturated heterocycles. The second kappa shape index (κ2) is 4.26. The lowest BCUT2D eigenvalue weighted by Gasteiger charge is -2.07. The van der Waals surface area contributed by atoms with Gasteiger partial charge in [0.25, 0.3) is 5.91 Å². The predicted molar refractivity (Wildman–Crippen MR) is 52.6 cm³/mol. The maximum absolute atomic E-state index is 11.3. The second-order valence-electron chi connectivity index (χ2n) is 3.03. The summed E-state index contributed by atoms with van der Waals surface area (Å²) >= 11 is 5.51. The summed E-state index contributed by atoms with van der Waals surface area (Å²) in [5.41, 5.74) is 0. The van der Waals surface area contributed by atoms with Gasteiger partial charge < -0.3 is 15.0 Å². The van der Waals surface area contributed by atoms with Crippen LogP contribution in [0.4, 0.5) is 5.82 Å². The lowest BCUT2D eigenvalue weighted by Crippen LogP contribution is -2.27. The van der Waals surface area contributed by atoms with E-state index in [9.17, 15) is 14.9 Å². The van der Waals surface area contributed by atoms with Crippen molar-refractivity contribution in [1.82, 2.24) is 14.7 Å². The van der Waals surface area contributed by atoms with Gasteiger partial charge in [-0.1, -0.05) is 16.7 Å². The third-order valence-electron chi connectivity index (χ3n) is 1.70. The van der Waals surface area contributed by atoms with Crippen molar-refractivity contribution in [3.63, 3.8) is 0 Å². The summed E-state index contributed by atoms with van der Waals surface area (Å²) < 4.78 is 0.963. The fourth-order valence-electron chi connectivity index (χ4n) is 0.909. The highest BCUT2D eigenvalue weighted by Crippen LogP contribution is 2.16. The van der Waals surface area contributed by atoms with Crippen molar-refractivity contribution in [1.29, 1.82) is 0 Å². The lowest BCUT2D eigenvalue weighted by molar-refractivity contribution is -0.392. The van der Waals surface area contributed by atoms with Gasteiger partial charge in [0, 0.05) is 14.1 Å². The number of likely N-dealkylation sites (N-methyl/N-ethyl adjacent to an activating group) is 1. The number of carbonyl (C=O) groups excluding carboxylic acids is 1. The smallest absolute Gasteiger partial charge is 0.346 e. The molecule has 0 aliphatic heterocycles. The Bertz CT molecular complexity index is 401. The van der Waals surface area contributed by atoms with Gasteiger partial charge in [0.2, 0.25) is 0 Å². The second-order valence-corrected chi connectivity index (χ2v) is 3.42. The van der Waals surface area contributed by atoms with Crippen LogP contribution in [0.25, 0.3) is 0 Å². The quantitative estimate of drug-likeness (QED) is 0.562. The van der Waals surface area contributed by atoms with E-state index >= 15 is 0 Å². The monoisotopic (exact) mass is 232 g/mol. The number of nitro groups is 1. The molecule has 8 heteroatoms. The van der Waals surface area contributed by atoms with Gasteiger partial charge in [0.15, 0.2) is 11.7 Å². The number of hydrogen-bond acceptors (Lipinski definition) is 4. The minimum absolute atomic E-state index is 0.00624. The molecule has 0 aliphatic carbocycles. The molecule has 0 radical (unpaired) electrons. The van der Waals surface area contributed by atoms with Crippen molar-refractivity contribution < 1.29 is 9.72 Å². The molecule has 0 aromatic carbocycles. The van der Waals surface area contributed by atoms with Crippen LogP contribution in [0.15, 0.2) is 6.07 Å². The molecule has 0 saturated carbocycles. The number of amides is 1. The molecule has 1 amide bonds. The molecule has 0 fully saturated rings. The zero-order chi connectivity index (χ0) is 11.6.